The van der Waals surface area contributed by atoms with Gasteiger partial charge in [-0.1, -0.05) is 6.07 Å². The van der Waals surface area contributed by atoms with Gasteiger partial charge in [0.25, 0.3) is 0 Å². The van der Waals surface area contributed by atoms with Gasteiger partial charge in [-0.25, -0.2) is 4.98 Å². The lowest BCUT2D eigenvalue weighted by Crippen LogP contribution is -2.48. The lowest BCUT2D eigenvalue weighted by Gasteiger charge is -2.32. The fourth-order valence-corrected chi connectivity index (χ4v) is 2.49. The van der Waals surface area contributed by atoms with Crippen molar-refractivity contribution in [1.82, 2.24) is 20.2 Å². The van der Waals surface area contributed by atoms with E-state index in [1.54, 1.807) is 6.20 Å². The molecule has 0 atom stereocenters. The van der Waals surface area contributed by atoms with Crippen LogP contribution in [0.2, 0.25) is 0 Å². The Balaban J connectivity index is 1.92. The van der Waals surface area contributed by atoms with Crippen molar-refractivity contribution >= 4 is 17.2 Å². The topological polar surface area (TPSA) is 58.1 Å². The fourth-order valence-electron chi connectivity index (χ4n) is 1.70. The fraction of sp³-hybridized carbons (Fsp3) is 0.438. The quantitative estimate of drug-likeness (QED) is 0.887. The highest BCUT2D eigenvalue weighted by atomic mass is 32.1. The number of carbonyl (C=O) groups excluding carboxylic acids is 1. The summed E-state index contributed by atoms with van der Waals surface area (Å²) in [7, 11) is 4.01. The Bertz CT molecular complexity index is 622. The summed E-state index contributed by atoms with van der Waals surface area (Å²) in [5, 5.41) is 5.73. The number of carbonyl (C=O) groups is 1. The van der Waals surface area contributed by atoms with Crippen molar-refractivity contribution in [3.05, 3.63) is 35.5 Å². The van der Waals surface area contributed by atoms with E-state index in [9.17, 15) is 4.79 Å². The van der Waals surface area contributed by atoms with Gasteiger partial charge in [0.2, 0.25) is 5.91 Å². The molecule has 0 saturated carbocycles. The van der Waals surface area contributed by atoms with Gasteiger partial charge in [-0.15, -0.1) is 11.3 Å². The Kier molecular flexibility index (Phi) is 5.26. The van der Waals surface area contributed by atoms with Gasteiger partial charge in [0, 0.05) is 23.7 Å². The Labute approximate surface area is 135 Å². The number of hydrogen-bond donors (Lipinski definition) is 1. The van der Waals surface area contributed by atoms with E-state index in [1.807, 2.05) is 37.7 Å². The molecule has 2 rings (SSSR count). The zero-order valence-electron chi connectivity index (χ0n) is 13.5. The number of pyridine rings is 1. The molecule has 0 bridgehead atoms. The number of amides is 1. The molecule has 0 aromatic carbocycles. The first kappa shape index (κ1) is 16.6. The van der Waals surface area contributed by atoms with Crippen LogP contribution in [-0.2, 0) is 11.2 Å². The van der Waals surface area contributed by atoms with E-state index in [0.717, 1.165) is 16.4 Å². The summed E-state index contributed by atoms with van der Waals surface area (Å²) in [5.41, 5.74) is 1.55. The average molecular weight is 318 g/mol. The van der Waals surface area contributed by atoms with E-state index in [2.05, 4.69) is 34.0 Å². The number of likely N-dealkylation sites (N-methyl/N-ethyl adjacent to an activating group) is 1. The first-order valence-corrected chi connectivity index (χ1v) is 8.06. The van der Waals surface area contributed by atoms with Crippen LogP contribution in [0.4, 0.5) is 0 Å². The van der Waals surface area contributed by atoms with Crippen molar-refractivity contribution in [3.63, 3.8) is 0 Å². The molecular weight excluding hydrogens is 296 g/mol. The van der Waals surface area contributed by atoms with Gasteiger partial charge in [-0.05, 0) is 40.1 Å². The summed E-state index contributed by atoms with van der Waals surface area (Å²) in [6.07, 6.45) is 2.04. The van der Waals surface area contributed by atoms with Gasteiger partial charge in [0.05, 0.1) is 17.8 Å². The second-order valence-corrected chi connectivity index (χ2v) is 6.88. The number of hydrogen-bond acceptors (Lipinski definition) is 5. The van der Waals surface area contributed by atoms with E-state index in [-0.39, 0.29) is 11.4 Å². The first-order chi connectivity index (χ1) is 10.4. The molecule has 1 N–H and O–H groups in total. The Morgan fingerprint density at radius 2 is 2.14 bits per heavy atom. The van der Waals surface area contributed by atoms with Crippen LogP contribution in [0.25, 0.3) is 10.7 Å². The second-order valence-electron chi connectivity index (χ2n) is 6.02. The highest BCUT2D eigenvalue weighted by Gasteiger charge is 2.21. The summed E-state index contributed by atoms with van der Waals surface area (Å²) in [6.45, 7) is 4.79. The zero-order chi connectivity index (χ0) is 16.2. The minimum Gasteiger partial charge on any atom is -0.354 e. The van der Waals surface area contributed by atoms with Gasteiger partial charge < -0.3 is 10.2 Å². The molecule has 0 spiro atoms. The van der Waals surface area contributed by atoms with Gasteiger partial charge >= 0.3 is 0 Å². The maximum atomic E-state index is 12.0. The number of nitrogens with zero attached hydrogens (tertiary/aromatic N) is 3. The van der Waals surface area contributed by atoms with Crippen LogP contribution in [0.3, 0.4) is 0 Å². The molecule has 118 valence electrons. The van der Waals surface area contributed by atoms with Crippen molar-refractivity contribution < 1.29 is 4.79 Å². The van der Waals surface area contributed by atoms with Crippen LogP contribution in [0.1, 0.15) is 19.5 Å². The summed E-state index contributed by atoms with van der Waals surface area (Å²) >= 11 is 1.51. The van der Waals surface area contributed by atoms with Gasteiger partial charge in [0.15, 0.2) is 0 Å². The minimum atomic E-state index is -0.0726. The highest BCUT2D eigenvalue weighted by Crippen LogP contribution is 2.21. The molecule has 0 saturated heterocycles. The van der Waals surface area contributed by atoms with E-state index >= 15 is 0 Å². The third-order valence-electron chi connectivity index (χ3n) is 3.71. The maximum absolute atomic E-state index is 12.0. The molecule has 6 heteroatoms. The third kappa shape index (κ3) is 4.35. The van der Waals surface area contributed by atoms with Gasteiger partial charge in [-0.2, -0.15) is 0 Å². The summed E-state index contributed by atoms with van der Waals surface area (Å²) in [4.78, 5) is 22.9. The van der Waals surface area contributed by atoms with Crippen molar-refractivity contribution in [2.75, 3.05) is 20.6 Å². The van der Waals surface area contributed by atoms with Crippen LogP contribution >= 0.6 is 11.3 Å². The normalized spacial score (nSPS) is 11.7. The molecule has 0 unspecified atom stereocenters. The molecular formula is C16H22N4OS. The molecule has 0 radical (unpaired) electrons. The van der Waals surface area contributed by atoms with Crippen LogP contribution in [-0.4, -0.2) is 47.0 Å². The van der Waals surface area contributed by atoms with Crippen LogP contribution in [0.15, 0.2) is 29.8 Å². The SMILES string of the molecule is CN(C)C(C)(C)CNC(=O)Cc1csc(-c2ccccn2)n1. The van der Waals surface area contributed by atoms with E-state index in [1.165, 1.54) is 11.3 Å². The van der Waals surface area contributed by atoms with Crippen molar-refractivity contribution in [2.24, 2.45) is 0 Å². The second kappa shape index (κ2) is 6.98. The van der Waals surface area contributed by atoms with Crippen molar-refractivity contribution in [1.29, 1.82) is 0 Å². The van der Waals surface area contributed by atoms with Crippen LogP contribution < -0.4 is 5.32 Å². The average Bonchev–Trinajstić information content (AvgIpc) is 2.94. The lowest BCUT2D eigenvalue weighted by atomic mass is 10.0. The Morgan fingerprint density at radius 1 is 1.36 bits per heavy atom. The zero-order valence-corrected chi connectivity index (χ0v) is 14.3. The van der Waals surface area contributed by atoms with Crippen LogP contribution in [0, 0.1) is 0 Å². The van der Waals surface area contributed by atoms with E-state index in [4.69, 9.17) is 0 Å². The molecule has 2 aromatic rings. The molecule has 0 aliphatic heterocycles. The molecule has 0 aliphatic carbocycles. The van der Waals surface area contributed by atoms with Gasteiger partial charge in [-0.3, -0.25) is 9.78 Å². The smallest absolute Gasteiger partial charge is 0.226 e. The predicted octanol–water partition coefficient (Wildman–Crippen LogP) is 2.20. The standard InChI is InChI=1S/C16H22N4OS/c1-16(2,20(3)4)11-18-14(21)9-12-10-22-15(19-12)13-7-5-6-8-17-13/h5-8,10H,9,11H2,1-4H3,(H,18,21). The third-order valence-corrected chi connectivity index (χ3v) is 4.62. The Hall–Kier alpha value is -1.79. The summed E-state index contributed by atoms with van der Waals surface area (Å²) in [5.74, 6) is -0.00667. The maximum Gasteiger partial charge on any atom is 0.226 e. The van der Waals surface area contributed by atoms with Crippen LogP contribution in [0.5, 0.6) is 0 Å². The number of rotatable bonds is 6. The summed E-state index contributed by atoms with van der Waals surface area (Å²) < 4.78 is 0. The predicted molar refractivity (Wildman–Crippen MR) is 89.8 cm³/mol. The molecule has 5 nitrogen and oxygen atoms in total. The monoisotopic (exact) mass is 318 g/mol. The number of nitrogens with one attached hydrogen (secondary N) is 1. The molecule has 0 aliphatic rings. The molecule has 2 aromatic heterocycles. The van der Waals surface area contributed by atoms with Crippen molar-refractivity contribution in [2.45, 2.75) is 25.8 Å². The first-order valence-electron chi connectivity index (χ1n) is 7.18. The minimum absolute atomic E-state index is 0.00667. The summed E-state index contributed by atoms with van der Waals surface area (Å²) in [6, 6.07) is 5.72. The number of aromatic nitrogens is 2. The lowest BCUT2D eigenvalue weighted by molar-refractivity contribution is -0.121. The Morgan fingerprint density at radius 3 is 2.77 bits per heavy atom. The molecule has 2 heterocycles. The van der Waals surface area contributed by atoms with E-state index in [0.29, 0.717) is 13.0 Å². The molecule has 1 amide bonds. The van der Waals surface area contributed by atoms with Gasteiger partial charge in [0.1, 0.15) is 5.01 Å². The molecule has 0 fully saturated rings. The largest absolute Gasteiger partial charge is 0.354 e. The number of thiazole rings is 1. The van der Waals surface area contributed by atoms with E-state index < -0.39 is 0 Å². The molecule has 22 heavy (non-hydrogen) atoms. The highest BCUT2D eigenvalue weighted by molar-refractivity contribution is 7.13. The van der Waals surface area contributed by atoms with Crippen molar-refractivity contribution in [3.8, 4) is 10.7 Å².